The lowest BCUT2D eigenvalue weighted by molar-refractivity contribution is -0.120. The molecule has 3 N–H and O–H groups in total. The Hall–Kier alpha value is -2.30. The number of aryl methyl sites for hydroxylation is 2. The van der Waals surface area contributed by atoms with Crippen molar-refractivity contribution in [3.63, 3.8) is 0 Å². The number of carbonyl (C=O) groups is 1. The molecule has 0 aliphatic carbocycles. The van der Waals surface area contributed by atoms with Crippen molar-refractivity contribution in [2.24, 2.45) is 0 Å². The van der Waals surface area contributed by atoms with Gasteiger partial charge in [-0.2, -0.15) is 0 Å². The van der Waals surface area contributed by atoms with Gasteiger partial charge in [0.1, 0.15) is 5.82 Å². The maximum Gasteiger partial charge on any atom is 0.224 e. The molecule has 0 spiro atoms. The molecule has 2 rings (SSSR count). The zero-order valence-corrected chi connectivity index (χ0v) is 12.4. The summed E-state index contributed by atoms with van der Waals surface area (Å²) in [4.78, 5) is 16.1. The third kappa shape index (κ3) is 4.63. The molecule has 0 aliphatic heterocycles. The van der Waals surface area contributed by atoms with E-state index in [1.807, 2.05) is 36.7 Å². The summed E-state index contributed by atoms with van der Waals surface area (Å²) in [6, 6.07) is 7.39. The van der Waals surface area contributed by atoms with Gasteiger partial charge in [-0.15, -0.1) is 0 Å². The zero-order chi connectivity index (χ0) is 15.1. The number of imidazole rings is 1. The molecular weight excluding hydrogens is 264 g/mol. The van der Waals surface area contributed by atoms with Gasteiger partial charge < -0.3 is 15.6 Å². The Morgan fingerprint density at radius 3 is 2.81 bits per heavy atom. The van der Waals surface area contributed by atoms with Crippen LogP contribution in [0.2, 0.25) is 0 Å². The largest absolute Gasteiger partial charge is 0.399 e. The van der Waals surface area contributed by atoms with E-state index in [-0.39, 0.29) is 5.91 Å². The molecule has 0 saturated carbocycles. The fourth-order valence-electron chi connectivity index (χ4n) is 2.22. The lowest BCUT2D eigenvalue weighted by Crippen LogP contribution is -2.26. The average Bonchev–Trinajstić information content (AvgIpc) is 2.93. The van der Waals surface area contributed by atoms with Crippen LogP contribution in [0.25, 0.3) is 0 Å². The summed E-state index contributed by atoms with van der Waals surface area (Å²) in [5.41, 5.74) is 7.31. The Bertz CT molecular complexity index is 574. The van der Waals surface area contributed by atoms with Crippen molar-refractivity contribution in [2.45, 2.75) is 32.7 Å². The second-order valence-corrected chi connectivity index (χ2v) is 5.01. The second kappa shape index (κ2) is 7.47. The lowest BCUT2D eigenvalue weighted by atomic mass is 10.1. The van der Waals surface area contributed by atoms with Crippen LogP contribution in [0.5, 0.6) is 0 Å². The molecule has 0 radical (unpaired) electrons. The molecule has 2 aromatic rings. The van der Waals surface area contributed by atoms with E-state index < -0.39 is 0 Å². The van der Waals surface area contributed by atoms with E-state index in [1.54, 1.807) is 0 Å². The van der Waals surface area contributed by atoms with E-state index in [4.69, 9.17) is 5.73 Å². The molecule has 0 fully saturated rings. The third-order valence-electron chi connectivity index (χ3n) is 3.36. The van der Waals surface area contributed by atoms with Crippen LogP contribution in [0.1, 0.15) is 24.7 Å². The van der Waals surface area contributed by atoms with Crippen molar-refractivity contribution in [2.75, 3.05) is 12.3 Å². The number of nitrogens with zero attached hydrogens (tertiary/aromatic N) is 2. The molecule has 1 aromatic carbocycles. The number of carbonyl (C=O) groups excluding carboxylic acids is 1. The third-order valence-corrected chi connectivity index (χ3v) is 3.36. The van der Waals surface area contributed by atoms with Crippen molar-refractivity contribution >= 4 is 11.6 Å². The summed E-state index contributed by atoms with van der Waals surface area (Å²) < 4.78 is 2.13. The van der Waals surface area contributed by atoms with E-state index in [0.717, 1.165) is 30.8 Å². The highest BCUT2D eigenvalue weighted by Crippen LogP contribution is 2.06. The molecule has 1 amide bonds. The molecule has 112 valence electrons. The van der Waals surface area contributed by atoms with E-state index in [9.17, 15) is 4.79 Å². The standard InChI is InChI=1S/C16H22N4O/c1-2-15-18-9-11-20(15)10-3-8-19-16(21)12-13-4-6-14(17)7-5-13/h4-7,9,11H,2-3,8,10,12,17H2,1H3,(H,19,21). The van der Waals surface area contributed by atoms with Crippen molar-refractivity contribution in [1.82, 2.24) is 14.9 Å². The van der Waals surface area contributed by atoms with Gasteiger partial charge in [0.2, 0.25) is 5.91 Å². The first kappa shape index (κ1) is 15.1. The molecule has 0 atom stereocenters. The normalized spacial score (nSPS) is 10.5. The van der Waals surface area contributed by atoms with Gasteiger partial charge in [0, 0.05) is 37.6 Å². The van der Waals surface area contributed by atoms with Crippen LogP contribution in [-0.2, 0) is 24.2 Å². The predicted octanol–water partition coefficient (Wildman–Crippen LogP) is 1.78. The smallest absolute Gasteiger partial charge is 0.224 e. The number of hydrogen-bond donors (Lipinski definition) is 2. The van der Waals surface area contributed by atoms with E-state index in [1.165, 1.54) is 0 Å². The Labute approximate surface area is 125 Å². The van der Waals surface area contributed by atoms with E-state index >= 15 is 0 Å². The van der Waals surface area contributed by atoms with Crippen molar-refractivity contribution in [3.8, 4) is 0 Å². The van der Waals surface area contributed by atoms with Gasteiger partial charge in [-0.05, 0) is 24.1 Å². The minimum Gasteiger partial charge on any atom is -0.399 e. The van der Waals surface area contributed by atoms with Crippen molar-refractivity contribution < 1.29 is 4.79 Å². The molecular formula is C16H22N4O. The number of anilines is 1. The molecule has 1 heterocycles. The minimum absolute atomic E-state index is 0.0427. The molecule has 0 bridgehead atoms. The lowest BCUT2D eigenvalue weighted by Gasteiger charge is -2.08. The Balaban J connectivity index is 1.68. The first-order valence-corrected chi connectivity index (χ1v) is 7.30. The summed E-state index contributed by atoms with van der Waals surface area (Å²) in [7, 11) is 0. The van der Waals surface area contributed by atoms with E-state index in [0.29, 0.717) is 18.7 Å². The molecule has 0 unspecified atom stereocenters. The Kier molecular flexibility index (Phi) is 5.37. The van der Waals surface area contributed by atoms with Crippen LogP contribution in [0.4, 0.5) is 5.69 Å². The number of nitrogens with one attached hydrogen (secondary N) is 1. The van der Waals surface area contributed by atoms with Gasteiger partial charge in [-0.3, -0.25) is 4.79 Å². The van der Waals surface area contributed by atoms with Crippen LogP contribution in [0.15, 0.2) is 36.7 Å². The Morgan fingerprint density at radius 2 is 2.10 bits per heavy atom. The maximum absolute atomic E-state index is 11.8. The fourth-order valence-corrected chi connectivity index (χ4v) is 2.22. The van der Waals surface area contributed by atoms with Gasteiger partial charge in [-0.25, -0.2) is 4.98 Å². The fraction of sp³-hybridized carbons (Fsp3) is 0.375. The van der Waals surface area contributed by atoms with Crippen LogP contribution in [0, 0.1) is 0 Å². The first-order chi connectivity index (χ1) is 10.2. The summed E-state index contributed by atoms with van der Waals surface area (Å²) in [6.45, 7) is 3.65. The van der Waals surface area contributed by atoms with Gasteiger partial charge >= 0.3 is 0 Å². The summed E-state index contributed by atoms with van der Waals surface area (Å²) in [5.74, 6) is 1.13. The van der Waals surface area contributed by atoms with Crippen LogP contribution in [0.3, 0.4) is 0 Å². The number of nitrogens with two attached hydrogens (primary N) is 1. The van der Waals surface area contributed by atoms with Crippen molar-refractivity contribution in [3.05, 3.63) is 48.0 Å². The number of benzene rings is 1. The monoisotopic (exact) mass is 286 g/mol. The predicted molar refractivity (Wildman–Crippen MR) is 83.8 cm³/mol. The number of nitrogen functional groups attached to an aromatic ring is 1. The topological polar surface area (TPSA) is 72.9 Å². The van der Waals surface area contributed by atoms with Crippen LogP contribution in [-0.4, -0.2) is 22.0 Å². The molecule has 21 heavy (non-hydrogen) atoms. The highest BCUT2D eigenvalue weighted by atomic mass is 16.1. The van der Waals surface area contributed by atoms with Gasteiger partial charge in [0.05, 0.1) is 6.42 Å². The highest BCUT2D eigenvalue weighted by Gasteiger charge is 2.03. The Morgan fingerprint density at radius 1 is 1.33 bits per heavy atom. The average molecular weight is 286 g/mol. The molecule has 5 heteroatoms. The van der Waals surface area contributed by atoms with Gasteiger partial charge in [0.25, 0.3) is 0 Å². The summed E-state index contributed by atoms with van der Waals surface area (Å²) in [6.07, 6.45) is 6.02. The minimum atomic E-state index is 0.0427. The zero-order valence-electron chi connectivity index (χ0n) is 12.4. The van der Waals surface area contributed by atoms with Crippen LogP contribution >= 0.6 is 0 Å². The van der Waals surface area contributed by atoms with Crippen molar-refractivity contribution in [1.29, 1.82) is 0 Å². The molecule has 1 aromatic heterocycles. The molecule has 0 saturated heterocycles. The first-order valence-electron chi connectivity index (χ1n) is 7.30. The number of rotatable bonds is 7. The van der Waals surface area contributed by atoms with Gasteiger partial charge in [-0.1, -0.05) is 19.1 Å². The summed E-state index contributed by atoms with van der Waals surface area (Å²) >= 11 is 0. The molecule has 5 nitrogen and oxygen atoms in total. The van der Waals surface area contributed by atoms with Crippen LogP contribution < -0.4 is 11.1 Å². The maximum atomic E-state index is 11.8. The quantitative estimate of drug-likeness (QED) is 0.602. The second-order valence-electron chi connectivity index (χ2n) is 5.01. The number of aromatic nitrogens is 2. The van der Waals surface area contributed by atoms with Gasteiger partial charge in [0.15, 0.2) is 0 Å². The van der Waals surface area contributed by atoms with E-state index in [2.05, 4.69) is 21.8 Å². The summed E-state index contributed by atoms with van der Waals surface area (Å²) in [5, 5.41) is 2.94. The SMILES string of the molecule is CCc1nccn1CCCNC(=O)Cc1ccc(N)cc1. The number of amides is 1. The highest BCUT2D eigenvalue weighted by molar-refractivity contribution is 5.78. The number of hydrogen-bond acceptors (Lipinski definition) is 3. The molecule has 0 aliphatic rings.